The van der Waals surface area contributed by atoms with Crippen molar-refractivity contribution in [3.63, 3.8) is 0 Å². The molecule has 0 bridgehead atoms. The van der Waals surface area contributed by atoms with Crippen molar-refractivity contribution in [2.24, 2.45) is 28.2 Å². The lowest BCUT2D eigenvalue weighted by atomic mass is 10.1. The van der Waals surface area contributed by atoms with E-state index in [0.29, 0.717) is 37.3 Å². The number of halogens is 2. The number of nitrogens with zero attached hydrogens (tertiary/aromatic N) is 3. The molecule has 1 aromatic heterocycles. The molecule has 4 unspecified atom stereocenters. The largest absolute Gasteiger partial charge is 0.490 e. The molecule has 0 radical (unpaired) electrons. The molecule has 1 saturated carbocycles. The number of rotatable bonds is 16. The lowest BCUT2D eigenvalue weighted by Crippen LogP contribution is -2.42. The molecule has 4 aromatic carbocycles. The van der Waals surface area contributed by atoms with Crippen LogP contribution in [0.25, 0.3) is 0 Å². The molecular formula is C48H53Cl2N5O9. The van der Waals surface area contributed by atoms with Crippen molar-refractivity contribution in [3.05, 3.63) is 160 Å². The van der Waals surface area contributed by atoms with Gasteiger partial charge >= 0.3 is 5.97 Å². The smallest absolute Gasteiger partial charge is 0.310 e. The molecule has 14 nitrogen and oxygen atoms in total. The van der Waals surface area contributed by atoms with Crippen LogP contribution in [0.1, 0.15) is 32.8 Å². The number of hydrogen-bond donors (Lipinski definition) is 2. The number of pyridine rings is 1. The fourth-order valence-corrected chi connectivity index (χ4v) is 6.75. The van der Waals surface area contributed by atoms with Crippen LogP contribution in [0, 0.1) is 33.3 Å². The van der Waals surface area contributed by atoms with Gasteiger partial charge in [-0.2, -0.15) is 0 Å². The minimum Gasteiger partial charge on any atom is -0.490 e. The zero-order valence-corrected chi connectivity index (χ0v) is 37.6. The molecule has 16 heteroatoms. The Morgan fingerprint density at radius 2 is 1.53 bits per heavy atom. The highest BCUT2D eigenvalue weighted by molar-refractivity contribution is 6.55. The number of aliphatic imine (C=N–C) groups is 1. The third-order valence-electron chi connectivity index (χ3n) is 9.98. The first-order chi connectivity index (χ1) is 30.9. The van der Waals surface area contributed by atoms with E-state index >= 15 is 0 Å². The first kappa shape index (κ1) is 48.7. The van der Waals surface area contributed by atoms with Crippen molar-refractivity contribution in [1.82, 2.24) is 15.7 Å². The Morgan fingerprint density at radius 3 is 2.12 bits per heavy atom. The highest BCUT2D eigenvalue weighted by atomic mass is 35.5. The van der Waals surface area contributed by atoms with Crippen molar-refractivity contribution in [2.75, 3.05) is 33.4 Å². The number of aromatic nitrogens is 1. The number of hydrogen-bond acceptors (Lipinski definition) is 11. The van der Waals surface area contributed by atoms with Gasteiger partial charge in [0.25, 0.3) is 5.96 Å². The lowest BCUT2D eigenvalue weighted by Gasteiger charge is -2.15. The predicted octanol–water partition coefficient (Wildman–Crippen LogP) is 10.2. The van der Waals surface area contributed by atoms with E-state index in [-0.39, 0.29) is 46.4 Å². The van der Waals surface area contributed by atoms with Gasteiger partial charge in [0.05, 0.1) is 12.5 Å². The minimum absolute atomic E-state index is 0.00717. The van der Waals surface area contributed by atoms with Crippen molar-refractivity contribution in [3.8, 4) is 34.6 Å². The van der Waals surface area contributed by atoms with E-state index in [0.717, 1.165) is 41.6 Å². The summed E-state index contributed by atoms with van der Waals surface area (Å²) in [5.41, 5.74) is 2.65. The standard InChI is InChI=1S/C21H20Cl2O3.C20H19NO3.C7H14N4O3/c1-21(2)17(12-18(22)23)19(21)20(24)25-13-14-7-6-10-16(11-14)26-15-8-4-3-5-9-15;1-16(23-20-9-5-6-14-21-20)15-22-17-10-12-19(13-11-17)24-18-7-3-2-4-8-18;1-8-7(10-11(12)13)9-4-6-2-3-14-5-6/h3-12,17,19H,13H2,1-2H3;2-14,16H,15H2,1H3;6H,2-5H2,1H3,(H2,8,9,10). The molecule has 2 fully saturated rings. The summed E-state index contributed by atoms with van der Waals surface area (Å²) >= 11 is 11.5. The molecule has 2 heterocycles. The molecule has 2 aliphatic rings. The number of carbonyl (C=O) groups excluding carboxylic acids is 1. The molecule has 1 saturated heterocycles. The van der Waals surface area contributed by atoms with E-state index < -0.39 is 5.03 Å². The highest BCUT2D eigenvalue weighted by Gasteiger charge is 2.61. The summed E-state index contributed by atoms with van der Waals surface area (Å²) in [5, 5.41) is 12.3. The number of allylic oxidation sites excluding steroid dienone is 1. The molecule has 0 amide bonds. The summed E-state index contributed by atoms with van der Waals surface area (Å²) in [6, 6.07) is 39.8. The fraction of sp³-hybridized carbons (Fsp3) is 0.312. The van der Waals surface area contributed by atoms with Crippen LogP contribution in [0.3, 0.4) is 0 Å². The summed E-state index contributed by atoms with van der Waals surface area (Å²) in [6.07, 6.45) is 4.31. The van der Waals surface area contributed by atoms with E-state index in [4.69, 9.17) is 51.6 Å². The molecule has 0 spiro atoms. The maximum absolute atomic E-state index is 12.4. The predicted molar refractivity (Wildman–Crippen MR) is 247 cm³/mol. The first-order valence-corrected chi connectivity index (χ1v) is 21.4. The summed E-state index contributed by atoms with van der Waals surface area (Å²) in [4.78, 5) is 30.3. The highest BCUT2D eigenvalue weighted by Crippen LogP contribution is 2.60. The Bertz CT molecular complexity index is 2240. The van der Waals surface area contributed by atoms with E-state index in [9.17, 15) is 14.9 Å². The second-order valence-electron chi connectivity index (χ2n) is 15.3. The fourth-order valence-electron chi connectivity index (χ4n) is 6.48. The summed E-state index contributed by atoms with van der Waals surface area (Å²) in [5.74, 6) is 4.55. The Balaban J connectivity index is 0.000000189. The van der Waals surface area contributed by atoms with Crippen LogP contribution < -0.4 is 29.7 Å². The molecule has 1 aliphatic heterocycles. The van der Waals surface area contributed by atoms with Gasteiger partial charge in [-0.25, -0.2) is 15.1 Å². The molecule has 1 aliphatic carbocycles. The van der Waals surface area contributed by atoms with Gasteiger partial charge in [-0.3, -0.25) is 9.79 Å². The number of benzene rings is 4. The number of nitrogens with one attached hydrogen (secondary N) is 2. The number of guanidine groups is 1. The van der Waals surface area contributed by atoms with Crippen LogP contribution in [0.15, 0.2) is 149 Å². The maximum Gasteiger partial charge on any atom is 0.310 e. The lowest BCUT2D eigenvalue weighted by molar-refractivity contribution is -0.525. The van der Waals surface area contributed by atoms with Crippen LogP contribution in [0.2, 0.25) is 0 Å². The van der Waals surface area contributed by atoms with Gasteiger partial charge < -0.3 is 33.7 Å². The number of hydrazine groups is 1. The molecule has 2 N–H and O–H groups in total. The maximum atomic E-state index is 12.4. The van der Waals surface area contributed by atoms with Crippen LogP contribution in [-0.2, 0) is 20.9 Å². The van der Waals surface area contributed by atoms with Crippen LogP contribution in [-0.4, -0.2) is 61.5 Å². The Kier molecular flexibility index (Phi) is 19.1. The van der Waals surface area contributed by atoms with Gasteiger partial charge in [0.2, 0.25) is 5.88 Å². The normalized spacial score (nSPS) is 17.3. The third kappa shape index (κ3) is 16.7. The van der Waals surface area contributed by atoms with Crippen molar-refractivity contribution in [2.45, 2.75) is 39.9 Å². The van der Waals surface area contributed by atoms with Crippen molar-refractivity contribution in [1.29, 1.82) is 0 Å². The molecule has 7 rings (SSSR count). The van der Waals surface area contributed by atoms with Crippen LogP contribution in [0.4, 0.5) is 0 Å². The van der Waals surface area contributed by atoms with Crippen LogP contribution >= 0.6 is 23.2 Å². The summed E-state index contributed by atoms with van der Waals surface area (Å²) in [7, 11) is 1.49. The summed E-state index contributed by atoms with van der Waals surface area (Å²) < 4.78 is 33.8. The van der Waals surface area contributed by atoms with E-state index in [2.05, 4.69) is 15.3 Å². The SMILES string of the molecule is CC(COc1ccc(Oc2ccccc2)cc1)Oc1ccccn1.CC1(C)C(C=C(Cl)Cl)C1C(=O)OCc1cccc(Oc2ccccc2)c1.CN=C(NCC1CCOC1)N[N+](=O)[O-]. The van der Waals surface area contributed by atoms with Gasteiger partial charge in [-0.05, 0) is 103 Å². The first-order valence-electron chi connectivity index (χ1n) is 20.6. The molecular weight excluding hydrogens is 861 g/mol. The second-order valence-corrected chi connectivity index (χ2v) is 16.3. The number of nitro groups is 1. The number of esters is 1. The van der Waals surface area contributed by atoms with Gasteiger partial charge in [0.15, 0.2) is 5.03 Å². The van der Waals surface area contributed by atoms with Gasteiger partial charge in [-0.1, -0.05) is 97.1 Å². The Morgan fingerprint density at radius 1 is 0.906 bits per heavy atom. The quantitative estimate of drug-likeness (QED) is 0.0317. The van der Waals surface area contributed by atoms with E-state index in [1.165, 1.54) is 7.05 Å². The zero-order chi connectivity index (χ0) is 45.7. The number of carbonyl (C=O) groups is 1. The van der Waals surface area contributed by atoms with E-state index in [1.54, 1.807) is 12.3 Å². The molecule has 64 heavy (non-hydrogen) atoms. The second kappa shape index (κ2) is 25.1. The van der Waals surface area contributed by atoms with Gasteiger partial charge in [0, 0.05) is 38.4 Å². The average molecular weight is 915 g/mol. The Hall–Kier alpha value is -6.35. The Labute approximate surface area is 383 Å². The summed E-state index contributed by atoms with van der Waals surface area (Å²) in [6.45, 7) is 8.72. The molecule has 338 valence electrons. The topological polar surface area (TPSA) is 165 Å². The number of para-hydroxylation sites is 2. The average Bonchev–Trinajstić information content (AvgIpc) is 3.55. The van der Waals surface area contributed by atoms with Gasteiger partial charge in [-0.15, -0.1) is 0 Å². The number of ether oxygens (including phenoxy) is 6. The molecule has 5 aromatic rings. The third-order valence-corrected chi connectivity index (χ3v) is 10.2. The zero-order valence-electron chi connectivity index (χ0n) is 36.1. The van der Waals surface area contributed by atoms with E-state index in [1.807, 2.05) is 154 Å². The van der Waals surface area contributed by atoms with Crippen LogP contribution in [0.5, 0.6) is 34.6 Å². The molecule has 4 atom stereocenters. The monoisotopic (exact) mass is 913 g/mol. The minimum atomic E-state index is -0.638. The van der Waals surface area contributed by atoms with Crippen molar-refractivity contribution < 1.29 is 38.2 Å². The van der Waals surface area contributed by atoms with Crippen molar-refractivity contribution >= 4 is 35.1 Å². The van der Waals surface area contributed by atoms with Gasteiger partial charge in [0.1, 0.15) is 52.6 Å².